The van der Waals surface area contributed by atoms with Crippen molar-refractivity contribution in [2.45, 2.75) is 46.6 Å². The molecule has 1 aromatic rings. The van der Waals surface area contributed by atoms with E-state index in [4.69, 9.17) is 5.11 Å². The summed E-state index contributed by atoms with van der Waals surface area (Å²) in [5.74, 6) is -0.178. The zero-order valence-electron chi connectivity index (χ0n) is 11.5. The summed E-state index contributed by atoms with van der Waals surface area (Å²) in [6, 6.07) is -0.0448. The van der Waals surface area contributed by atoms with Gasteiger partial charge in [0.2, 0.25) is 0 Å². The fraction of sp³-hybridized carbons (Fsp3) is 0.692. The normalized spacial score (nSPS) is 13.4. The van der Waals surface area contributed by atoms with Gasteiger partial charge in [-0.1, -0.05) is 27.7 Å². The van der Waals surface area contributed by atoms with Gasteiger partial charge < -0.3 is 10.4 Å². The van der Waals surface area contributed by atoms with E-state index >= 15 is 0 Å². The minimum Gasteiger partial charge on any atom is -0.396 e. The number of nitrogens with one attached hydrogen (secondary N) is 1. The van der Waals surface area contributed by atoms with Crippen molar-refractivity contribution in [1.82, 2.24) is 9.97 Å². The molecule has 0 spiro atoms. The monoisotopic (exact) mass is 255 g/mol. The van der Waals surface area contributed by atoms with Gasteiger partial charge in [0.05, 0.1) is 5.69 Å². The molecule has 1 heterocycles. The molecule has 1 aromatic heterocycles. The Morgan fingerprint density at radius 2 is 2.06 bits per heavy atom. The van der Waals surface area contributed by atoms with E-state index in [1.54, 1.807) is 0 Å². The predicted octanol–water partition coefficient (Wildman–Crippen LogP) is 2.39. The van der Waals surface area contributed by atoms with Crippen LogP contribution in [0.2, 0.25) is 0 Å². The second-order valence-electron chi connectivity index (χ2n) is 5.41. The molecule has 0 aliphatic rings. The first-order valence-corrected chi connectivity index (χ1v) is 6.27. The number of halogens is 1. The number of rotatable bonds is 5. The molecule has 102 valence electrons. The number of hydrogen-bond acceptors (Lipinski definition) is 4. The van der Waals surface area contributed by atoms with Gasteiger partial charge in [0.15, 0.2) is 11.6 Å². The maximum atomic E-state index is 14.0. The Hall–Kier alpha value is -1.23. The number of aromatic nitrogens is 2. The maximum absolute atomic E-state index is 14.0. The molecular formula is C13H22FN3O. The summed E-state index contributed by atoms with van der Waals surface area (Å²) in [4.78, 5) is 7.84. The molecule has 4 nitrogen and oxygen atoms in total. The Kier molecular flexibility index (Phi) is 5.02. The molecule has 0 amide bonds. The predicted molar refractivity (Wildman–Crippen MR) is 69.9 cm³/mol. The van der Waals surface area contributed by atoms with Crippen molar-refractivity contribution in [2.75, 3.05) is 11.9 Å². The molecule has 0 aliphatic heterocycles. The topological polar surface area (TPSA) is 58.0 Å². The molecule has 1 atom stereocenters. The van der Waals surface area contributed by atoms with Gasteiger partial charge in [0.1, 0.15) is 6.33 Å². The van der Waals surface area contributed by atoms with Crippen molar-refractivity contribution in [3.63, 3.8) is 0 Å². The lowest BCUT2D eigenvalue weighted by molar-refractivity contribution is 0.234. The average molecular weight is 255 g/mol. The third kappa shape index (κ3) is 3.63. The van der Waals surface area contributed by atoms with E-state index in [0.717, 1.165) is 0 Å². The minimum atomic E-state index is -0.396. The molecule has 0 saturated carbocycles. The van der Waals surface area contributed by atoms with Crippen LogP contribution in [-0.2, 0) is 6.42 Å². The molecular weight excluding hydrogens is 233 g/mol. The third-order valence-electron chi connectivity index (χ3n) is 2.97. The quantitative estimate of drug-likeness (QED) is 0.848. The maximum Gasteiger partial charge on any atom is 0.186 e. The summed E-state index contributed by atoms with van der Waals surface area (Å²) in [6.45, 7) is 8.03. The molecule has 18 heavy (non-hydrogen) atoms. The Balaban J connectivity index is 2.94. The Bertz CT molecular complexity index is 390. The zero-order valence-corrected chi connectivity index (χ0v) is 11.5. The van der Waals surface area contributed by atoms with Gasteiger partial charge in [-0.25, -0.2) is 14.4 Å². The SMILES string of the molecule is CCc1ncnc(NC(CCO)C(C)(C)C)c1F. The van der Waals surface area contributed by atoms with E-state index in [9.17, 15) is 4.39 Å². The highest BCUT2D eigenvalue weighted by atomic mass is 19.1. The lowest BCUT2D eigenvalue weighted by Crippen LogP contribution is -2.35. The highest BCUT2D eigenvalue weighted by molar-refractivity contribution is 5.38. The first-order chi connectivity index (χ1) is 8.40. The molecule has 0 aliphatic carbocycles. The number of hydrogen-bond donors (Lipinski definition) is 2. The van der Waals surface area contributed by atoms with Gasteiger partial charge in [-0.15, -0.1) is 0 Å². The van der Waals surface area contributed by atoms with Crippen LogP contribution in [0.25, 0.3) is 0 Å². The summed E-state index contributed by atoms with van der Waals surface area (Å²) in [7, 11) is 0. The van der Waals surface area contributed by atoms with Crippen LogP contribution in [0.4, 0.5) is 10.2 Å². The summed E-state index contributed by atoms with van der Waals surface area (Å²) in [5.41, 5.74) is 0.316. The van der Waals surface area contributed by atoms with Gasteiger partial charge in [-0.2, -0.15) is 0 Å². The van der Waals surface area contributed by atoms with Crippen LogP contribution in [0, 0.1) is 11.2 Å². The summed E-state index contributed by atoms with van der Waals surface area (Å²) in [6.07, 6.45) is 2.44. The third-order valence-corrected chi connectivity index (χ3v) is 2.97. The second kappa shape index (κ2) is 6.09. The van der Waals surface area contributed by atoms with Crippen LogP contribution in [0.1, 0.15) is 39.8 Å². The molecule has 5 heteroatoms. The Labute approximate surface area is 108 Å². The Morgan fingerprint density at radius 1 is 1.39 bits per heavy atom. The van der Waals surface area contributed by atoms with Crippen molar-refractivity contribution < 1.29 is 9.50 Å². The molecule has 0 bridgehead atoms. The van der Waals surface area contributed by atoms with Crippen LogP contribution >= 0.6 is 0 Å². The Morgan fingerprint density at radius 3 is 2.56 bits per heavy atom. The van der Waals surface area contributed by atoms with Crippen molar-refractivity contribution in [2.24, 2.45) is 5.41 Å². The van der Waals surface area contributed by atoms with E-state index in [2.05, 4.69) is 15.3 Å². The van der Waals surface area contributed by atoms with Gasteiger partial charge in [0, 0.05) is 12.6 Å². The molecule has 0 radical (unpaired) electrons. The van der Waals surface area contributed by atoms with E-state index in [1.807, 2.05) is 27.7 Å². The highest BCUT2D eigenvalue weighted by Crippen LogP contribution is 2.26. The van der Waals surface area contributed by atoms with E-state index in [1.165, 1.54) is 6.33 Å². The van der Waals surface area contributed by atoms with Gasteiger partial charge >= 0.3 is 0 Å². The summed E-state index contributed by atoms with van der Waals surface area (Å²) < 4.78 is 14.0. The molecule has 1 unspecified atom stereocenters. The summed E-state index contributed by atoms with van der Waals surface area (Å²) in [5, 5.41) is 12.2. The number of aliphatic hydroxyl groups excluding tert-OH is 1. The van der Waals surface area contributed by atoms with E-state index in [0.29, 0.717) is 18.5 Å². The average Bonchev–Trinajstić information content (AvgIpc) is 2.29. The molecule has 0 fully saturated rings. The van der Waals surface area contributed by atoms with Crippen LogP contribution in [0.3, 0.4) is 0 Å². The van der Waals surface area contributed by atoms with Gasteiger partial charge in [0.25, 0.3) is 0 Å². The standard InChI is InChI=1S/C13H22FN3O/c1-5-9-11(14)12(16-8-15-9)17-10(6-7-18)13(2,3)4/h8,10,18H,5-7H2,1-4H3,(H,15,16,17). The van der Waals surface area contributed by atoms with Gasteiger partial charge in [-0.05, 0) is 18.3 Å². The van der Waals surface area contributed by atoms with Crippen LogP contribution in [0.15, 0.2) is 6.33 Å². The molecule has 0 saturated heterocycles. The van der Waals surface area contributed by atoms with Crippen LogP contribution in [-0.4, -0.2) is 27.7 Å². The van der Waals surface area contributed by atoms with E-state index < -0.39 is 5.82 Å². The van der Waals surface area contributed by atoms with E-state index in [-0.39, 0.29) is 23.9 Å². The summed E-state index contributed by atoms with van der Waals surface area (Å²) >= 11 is 0. The number of nitrogens with zero attached hydrogens (tertiary/aromatic N) is 2. The van der Waals surface area contributed by atoms with Gasteiger partial charge in [-0.3, -0.25) is 0 Å². The number of aryl methyl sites for hydroxylation is 1. The van der Waals surface area contributed by atoms with Crippen molar-refractivity contribution >= 4 is 5.82 Å². The zero-order chi connectivity index (χ0) is 13.8. The lowest BCUT2D eigenvalue weighted by Gasteiger charge is -2.31. The fourth-order valence-electron chi connectivity index (χ4n) is 1.77. The number of aliphatic hydroxyl groups is 1. The van der Waals surface area contributed by atoms with Crippen molar-refractivity contribution in [3.05, 3.63) is 17.8 Å². The second-order valence-corrected chi connectivity index (χ2v) is 5.41. The molecule has 1 rings (SSSR count). The van der Waals surface area contributed by atoms with Crippen molar-refractivity contribution in [1.29, 1.82) is 0 Å². The number of anilines is 1. The van der Waals surface area contributed by atoms with Crippen LogP contribution < -0.4 is 5.32 Å². The molecule has 2 N–H and O–H groups in total. The minimum absolute atomic E-state index is 0.0448. The highest BCUT2D eigenvalue weighted by Gasteiger charge is 2.25. The smallest absolute Gasteiger partial charge is 0.186 e. The largest absolute Gasteiger partial charge is 0.396 e. The molecule has 0 aromatic carbocycles. The first-order valence-electron chi connectivity index (χ1n) is 6.27. The first kappa shape index (κ1) is 14.8. The lowest BCUT2D eigenvalue weighted by atomic mass is 9.85. The van der Waals surface area contributed by atoms with Crippen molar-refractivity contribution in [3.8, 4) is 0 Å². The fourth-order valence-corrected chi connectivity index (χ4v) is 1.77. The van der Waals surface area contributed by atoms with Crippen LogP contribution in [0.5, 0.6) is 0 Å².